The Kier molecular flexibility index (Phi) is 3.99. The van der Waals surface area contributed by atoms with Crippen molar-refractivity contribution in [2.75, 3.05) is 24.8 Å². The summed E-state index contributed by atoms with van der Waals surface area (Å²) < 4.78 is 5.90. The number of methoxy groups -OCH3 is 1. The quantitative estimate of drug-likeness (QED) is 0.909. The molecule has 2 rings (SSSR count). The SMILES string of the molecule is CNc1ncnc(Nc2ccc(OC)cc2)c1Br. The van der Waals surface area contributed by atoms with Crippen molar-refractivity contribution in [3.8, 4) is 5.75 Å². The zero-order chi connectivity index (χ0) is 13.0. The van der Waals surface area contributed by atoms with E-state index in [1.807, 2.05) is 31.3 Å². The Morgan fingerprint density at radius 3 is 2.39 bits per heavy atom. The van der Waals surface area contributed by atoms with E-state index in [9.17, 15) is 0 Å². The van der Waals surface area contributed by atoms with E-state index in [1.165, 1.54) is 6.33 Å². The van der Waals surface area contributed by atoms with E-state index in [0.29, 0.717) is 5.82 Å². The van der Waals surface area contributed by atoms with Crippen molar-refractivity contribution in [3.63, 3.8) is 0 Å². The van der Waals surface area contributed by atoms with Gasteiger partial charge in [0.15, 0.2) is 0 Å². The second-order valence-corrected chi connectivity index (χ2v) is 4.28. The molecule has 0 aliphatic heterocycles. The van der Waals surface area contributed by atoms with E-state index in [-0.39, 0.29) is 0 Å². The summed E-state index contributed by atoms with van der Waals surface area (Å²) in [6.07, 6.45) is 1.50. The molecule has 0 unspecified atom stereocenters. The molecule has 0 fully saturated rings. The number of hydrogen-bond donors (Lipinski definition) is 2. The van der Waals surface area contributed by atoms with E-state index in [2.05, 4.69) is 36.5 Å². The summed E-state index contributed by atoms with van der Waals surface area (Å²) in [5.74, 6) is 2.26. The van der Waals surface area contributed by atoms with Crippen LogP contribution in [0, 0.1) is 0 Å². The maximum Gasteiger partial charge on any atom is 0.150 e. The van der Waals surface area contributed by atoms with Crippen LogP contribution in [0.15, 0.2) is 35.1 Å². The number of rotatable bonds is 4. The van der Waals surface area contributed by atoms with Crippen LogP contribution in [0.3, 0.4) is 0 Å². The molecule has 0 aliphatic rings. The fourth-order valence-electron chi connectivity index (χ4n) is 1.44. The van der Waals surface area contributed by atoms with Crippen LogP contribution in [-0.2, 0) is 0 Å². The fourth-order valence-corrected chi connectivity index (χ4v) is 1.94. The molecule has 6 heteroatoms. The van der Waals surface area contributed by atoms with E-state index in [4.69, 9.17) is 4.74 Å². The van der Waals surface area contributed by atoms with E-state index in [1.54, 1.807) is 7.11 Å². The van der Waals surface area contributed by atoms with Crippen LogP contribution < -0.4 is 15.4 Å². The Labute approximate surface area is 114 Å². The van der Waals surface area contributed by atoms with Gasteiger partial charge in [0.05, 0.1) is 7.11 Å². The summed E-state index contributed by atoms with van der Waals surface area (Å²) in [5.41, 5.74) is 0.928. The molecule has 0 radical (unpaired) electrons. The minimum atomic E-state index is 0.708. The van der Waals surface area contributed by atoms with Gasteiger partial charge < -0.3 is 15.4 Å². The van der Waals surface area contributed by atoms with Gasteiger partial charge in [-0.15, -0.1) is 0 Å². The molecule has 1 aromatic heterocycles. The first-order chi connectivity index (χ1) is 8.74. The average Bonchev–Trinajstić information content (AvgIpc) is 2.42. The lowest BCUT2D eigenvalue weighted by Gasteiger charge is -2.10. The van der Waals surface area contributed by atoms with Crippen molar-refractivity contribution in [2.45, 2.75) is 0 Å². The molecule has 5 nitrogen and oxygen atoms in total. The van der Waals surface area contributed by atoms with Crippen LogP contribution in [0.1, 0.15) is 0 Å². The lowest BCUT2D eigenvalue weighted by atomic mass is 10.3. The topological polar surface area (TPSA) is 59.1 Å². The first-order valence-electron chi connectivity index (χ1n) is 5.34. The number of aromatic nitrogens is 2. The number of halogens is 1. The van der Waals surface area contributed by atoms with Gasteiger partial charge >= 0.3 is 0 Å². The highest BCUT2D eigenvalue weighted by Gasteiger charge is 2.07. The average molecular weight is 309 g/mol. The number of hydrogen-bond acceptors (Lipinski definition) is 5. The van der Waals surface area contributed by atoms with Crippen LogP contribution in [0.4, 0.5) is 17.3 Å². The Balaban J connectivity index is 2.22. The number of anilines is 3. The Hall–Kier alpha value is -1.82. The first-order valence-corrected chi connectivity index (χ1v) is 6.13. The summed E-state index contributed by atoms with van der Waals surface area (Å²) in [4.78, 5) is 8.28. The monoisotopic (exact) mass is 308 g/mol. The standard InChI is InChI=1S/C12H13BrN4O/c1-14-11-10(13)12(16-7-15-11)17-8-3-5-9(18-2)6-4-8/h3-7H,1-2H3,(H2,14,15,16,17). The molecule has 0 spiro atoms. The maximum atomic E-state index is 5.11. The lowest BCUT2D eigenvalue weighted by molar-refractivity contribution is 0.415. The number of ether oxygens (including phenoxy) is 1. The van der Waals surface area contributed by atoms with Crippen molar-refractivity contribution >= 4 is 33.3 Å². The predicted molar refractivity (Wildman–Crippen MR) is 75.6 cm³/mol. The van der Waals surface area contributed by atoms with Crippen LogP contribution in [0.2, 0.25) is 0 Å². The number of benzene rings is 1. The van der Waals surface area contributed by atoms with Gasteiger partial charge in [-0.25, -0.2) is 9.97 Å². The highest BCUT2D eigenvalue weighted by atomic mass is 79.9. The summed E-state index contributed by atoms with van der Waals surface area (Å²) in [7, 11) is 3.45. The van der Waals surface area contributed by atoms with Gasteiger partial charge in [-0.05, 0) is 40.2 Å². The molecule has 0 bridgehead atoms. The molecular formula is C12H13BrN4O. The second kappa shape index (κ2) is 5.68. The molecule has 18 heavy (non-hydrogen) atoms. The number of nitrogens with one attached hydrogen (secondary N) is 2. The van der Waals surface area contributed by atoms with Crippen LogP contribution in [0.25, 0.3) is 0 Å². The van der Waals surface area contributed by atoms with Gasteiger partial charge in [0.2, 0.25) is 0 Å². The maximum absolute atomic E-state index is 5.11. The third-order valence-electron chi connectivity index (χ3n) is 2.38. The molecule has 2 aromatic rings. The van der Waals surface area contributed by atoms with E-state index in [0.717, 1.165) is 21.7 Å². The summed E-state index contributed by atoms with van der Waals surface area (Å²) in [6, 6.07) is 7.62. The van der Waals surface area contributed by atoms with Gasteiger partial charge in [-0.1, -0.05) is 0 Å². The molecule has 0 atom stereocenters. The van der Waals surface area contributed by atoms with Crippen LogP contribution >= 0.6 is 15.9 Å². The normalized spacial score (nSPS) is 9.94. The van der Waals surface area contributed by atoms with Gasteiger partial charge in [0.1, 0.15) is 28.2 Å². The van der Waals surface area contributed by atoms with Crippen molar-refractivity contribution in [3.05, 3.63) is 35.1 Å². The summed E-state index contributed by atoms with van der Waals surface area (Å²) >= 11 is 3.45. The molecule has 1 aromatic carbocycles. The smallest absolute Gasteiger partial charge is 0.150 e. The molecular weight excluding hydrogens is 296 g/mol. The first kappa shape index (κ1) is 12.6. The Morgan fingerprint density at radius 1 is 1.11 bits per heavy atom. The third-order valence-corrected chi connectivity index (χ3v) is 3.13. The molecule has 0 amide bonds. The fraction of sp³-hybridized carbons (Fsp3) is 0.167. The number of nitrogens with zero attached hydrogens (tertiary/aromatic N) is 2. The van der Waals surface area contributed by atoms with Gasteiger partial charge in [0.25, 0.3) is 0 Å². The van der Waals surface area contributed by atoms with E-state index < -0.39 is 0 Å². The van der Waals surface area contributed by atoms with Crippen molar-refractivity contribution in [1.82, 2.24) is 9.97 Å². The van der Waals surface area contributed by atoms with Crippen molar-refractivity contribution < 1.29 is 4.74 Å². The predicted octanol–water partition coefficient (Wildman–Crippen LogP) is 3.03. The van der Waals surface area contributed by atoms with Crippen molar-refractivity contribution in [2.24, 2.45) is 0 Å². The second-order valence-electron chi connectivity index (χ2n) is 3.49. The zero-order valence-electron chi connectivity index (χ0n) is 10.1. The minimum Gasteiger partial charge on any atom is -0.497 e. The minimum absolute atomic E-state index is 0.708. The molecule has 0 saturated carbocycles. The molecule has 2 N–H and O–H groups in total. The molecule has 0 aliphatic carbocycles. The van der Waals surface area contributed by atoms with E-state index >= 15 is 0 Å². The third kappa shape index (κ3) is 2.70. The van der Waals surface area contributed by atoms with Crippen LogP contribution in [0.5, 0.6) is 5.75 Å². The van der Waals surface area contributed by atoms with Gasteiger partial charge in [-0.3, -0.25) is 0 Å². The Morgan fingerprint density at radius 2 is 1.78 bits per heavy atom. The zero-order valence-corrected chi connectivity index (χ0v) is 11.7. The van der Waals surface area contributed by atoms with Gasteiger partial charge in [-0.2, -0.15) is 0 Å². The largest absolute Gasteiger partial charge is 0.497 e. The molecule has 1 heterocycles. The summed E-state index contributed by atoms with van der Waals surface area (Å²) in [6.45, 7) is 0. The lowest BCUT2D eigenvalue weighted by Crippen LogP contribution is -2.00. The molecule has 0 saturated heterocycles. The van der Waals surface area contributed by atoms with Crippen molar-refractivity contribution in [1.29, 1.82) is 0 Å². The molecule has 94 valence electrons. The van der Waals surface area contributed by atoms with Gasteiger partial charge in [0, 0.05) is 12.7 Å². The highest BCUT2D eigenvalue weighted by Crippen LogP contribution is 2.28. The Bertz CT molecular complexity index is 530. The van der Waals surface area contributed by atoms with Crippen LogP contribution in [-0.4, -0.2) is 24.1 Å². The summed E-state index contributed by atoms with van der Waals surface area (Å²) in [5, 5.41) is 6.19. The highest BCUT2D eigenvalue weighted by molar-refractivity contribution is 9.10.